The van der Waals surface area contributed by atoms with E-state index in [0.717, 1.165) is 22.6 Å². The maximum Gasteiger partial charge on any atom is 0.227 e. The van der Waals surface area contributed by atoms with Gasteiger partial charge in [-0.3, -0.25) is 0 Å². The van der Waals surface area contributed by atoms with Gasteiger partial charge in [0.05, 0.1) is 5.69 Å². The second-order valence-electron chi connectivity index (χ2n) is 9.23. The molecule has 0 spiro atoms. The van der Waals surface area contributed by atoms with E-state index in [1.54, 1.807) is 0 Å². The van der Waals surface area contributed by atoms with E-state index in [2.05, 4.69) is 69.6 Å². The number of benzene rings is 1. The molecular formula is C23H28N2O. The van der Waals surface area contributed by atoms with Crippen molar-refractivity contribution >= 4 is 27.8 Å². The fourth-order valence-electron chi connectivity index (χ4n) is 6.28. The summed E-state index contributed by atoms with van der Waals surface area (Å²) in [5.41, 5.74) is 4.82. The van der Waals surface area contributed by atoms with Gasteiger partial charge < -0.3 is 9.32 Å². The van der Waals surface area contributed by atoms with Gasteiger partial charge in [-0.2, -0.15) is 0 Å². The molecule has 26 heavy (non-hydrogen) atoms. The van der Waals surface area contributed by atoms with E-state index in [1.165, 1.54) is 23.1 Å². The molecule has 3 heteroatoms. The average molecular weight is 348 g/mol. The normalized spacial score (nSPS) is 36.5. The second kappa shape index (κ2) is 4.82. The zero-order valence-corrected chi connectivity index (χ0v) is 16.6. The zero-order chi connectivity index (χ0) is 18.4. The third-order valence-electron chi connectivity index (χ3n) is 8.24. The van der Waals surface area contributed by atoms with Crippen molar-refractivity contribution in [2.24, 2.45) is 17.3 Å². The molecule has 0 amide bonds. The molecule has 3 nitrogen and oxygen atoms in total. The highest BCUT2D eigenvalue weighted by Gasteiger charge is 2.66. The summed E-state index contributed by atoms with van der Waals surface area (Å²) >= 11 is 0. The van der Waals surface area contributed by atoms with Crippen LogP contribution in [-0.4, -0.2) is 16.6 Å². The van der Waals surface area contributed by atoms with Crippen LogP contribution in [0.4, 0.5) is 5.69 Å². The average Bonchev–Trinajstić information content (AvgIpc) is 3.14. The van der Waals surface area contributed by atoms with Gasteiger partial charge in [0.1, 0.15) is 0 Å². The quantitative estimate of drug-likeness (QED) is 0.545. The number of piperidine rings is 1. The standard InChI is InChI=1S/C23H28N2O/c1-13-9-10-17-18-8-7-11-24-21(18)26-20(17)19(13)25-16(4)22(5)12-23(25,6)15(3)14(22)2/h7-11,14-16H,12H2,1-6H3/t14?,15?,16-,22?,23?/m0/s1. The van der Waals surface area contributed by atoms with Crippen molar-refractivity contribution in [3.8, 4) is 0 Å². The van der Waals surface area contributed by atoms with Gasteiger partial charge in [0.2, 0.25) is 5.71 Å². The monoisotopic (exact) mass is 348 g/mol. The zero-order valence-electron chi connectivity index (χ0n) is 16.6. The van der Waals surface area contributed by atoms with Crippen molar-refractivity contribution in [3.05, 3.63) is 36.0 Å². The van der Waals surface area contributed by atoms with Crippen molar-refractivity contribution in [1.82, 2.24) is 4.98 Å². The number of nitrogens with zero attached hydrogens (tertiary/aromatic N) is 2. The first-order chi connectivity index (χ1) is 12.3. The van der Waals surface area contributed by atoms with Crippen LogP contribution < -0.4 is 4.90 Å². The summed E-state index contributed by atoms with van der Waals surface area (Å²) in [5, 5.41) is 2.29. The van der Waals surface area contributed by atoms with Crippen LogP contribution in [0.5, 0.6) is 0 Å². The third kappa shape index (κ3) is 1.67. The van der Waals surface area contributed by atoms with E-state index in [-0.39, 0.29) is 5.54 Å². The van der Waals surface area contributed by atoms with Crippen LogP contribution in [0, 0.1) is 24.2 Å². The number of aromatic nitrogens is 1. The minimum absolute atomic E-state index is 0.166. The first-order valence-electron chi connectivity index (χ1n) is 9.85. The van der Waals surface area contributed by atoms with Crippen LogP contribution in [0.1, 0.15) is 46.6 Å². The van der Waals surface area contributed by atoms with Crippen molar-refractivity contribution < 1.29 is 4.42 Å². The van der Waals surface area contributed by atoms with Gasteiger partial charge in [-0.25, -0.2) is 4.98 Å². The molecule has 4 unspecified atom stereocenters. The molecule has 2 fully saturated rings. The van der Waals surface area contributed by atoms with Crippen LogP contribution in [0.25, 0.3) is 22.1 Å². The molecule has 5 atom stereocenters. The van der Waals surface area contributed by atoms with E-state index in [9.17, 15) is 0 Å². The highest BCUT2D eigenvalue weighted by atomic mass is 16.3. The molecule has 1 saturated heterocycles. The van der Waals surface area contributed by atoms with Crippen molar-refractivity contribution in [3.63, 3.8) is 0 Å². The maximum atomic E-state index is 6.32. The van der Waals surface area contributed by atoms with Crippen LogP contribution in [0.3, 0.4) is 0 Å². The number of furan rings is 1. The third-order valence-corrected chi connectivity index (χ3v) is 8.24. The Balaban J connectivity index is 1.81. The molecule has 2 bridgehead atoms. The number of aryl methyl sites for hydroxylation is 1. The van der Waals surface area contributed by atoms with E-state index < -0.39 is 0 Å². The minimum atomic E-state index is 0.166. The van der Waals surface area contributed by atoms with Gasteiger partial charge in [0.15, 0.2) is 5.58 Å². The predicted molar refractivity (Wildman–Crippen MR) is 108 cm³/mol. The van der Waals surface area contributed by atoms with Gasteiger partial charge in [-0.1, -0.05) is 32.9 Å². The Hall–Kier alpha value is -2.03. The van der Waals surface area contributed by atoms with Gasteiger partial charge in [-0.05, 0) is 62.1 Å². The first-order valence-corrected chi connectivity index (χ1v) is 9.85. The molecule has 1 aliphatic heterocycles. The minimum Gasteiger partial charge on any atom is -0.436 e. The Morgan fingerprint density at radius 2 is 1.85 bits per heavy atom. The molecular weight excluding hydrogens is 320 g/mol. The fourth-order valence-corrected chi connectivity index (χ4v) is 6.28. The Bertz CT molecular complexity index is 1040. The number of fused-ring (bicyclic) bond motifs is 5. The maximum absolute atomic E-state index is 6.32. The van der Waals surface area contributed by atoms with Crippen molar-refractivity contribution in [2.75, 3.05) is 4.90 Å². The molecule has 5 rings (SSSR count). The van der Waals surface area contributed by atoms with E-state index in [0.29, 0.717) is 17.4 Å². The van der Waals surface area contributed by atoms with Crippen LogP contribution in [0.15, 0.2) is 34.9 Å². The molecule has 3 heterocycles. The van der Waals surface area contributed by atoms with E-state index in [1.807, 2.05) is 12.3 Å². The molecule has 2 aliphatic rings. The Labute approximate surface area is 155 Å². The second-order valence-corrected chi connectivity index (χ2v) is 9.23. The van der Waals surface area contributed by atoms with Crippen LogP contribution in [0.2, 0.25) is 0 Å². The van der Waals surface area contributed by atoms with Crippen molar-refractivity contribution in [2.45, 2.75) is 59.5 Å². The van der Waals surface area contributed by atoms with Gasteiger partial charge >= 0.3 is 0 Å². The van der Waals surface area contributed by atoms with E-state index in [4.69, 9.17) is 4.42 Å². The Morgan fingerprint density at radius 3 is 2.58 bits per heavy atom. The Morgan fingerprint density at radius 1 is 1.08 bits per heavy atom. The first kappa shape index (κ1) is 16.2. The van der Waals surface area contributed by atoms with Gasteiger partial charge in [-0.15, -0.1) is 0 Å². The number of anilines is 1. The lowest BCUT2D eigenvalue weighted by molar-refractivity contribution is 0.148. The topological polar surface area (TPSA) is 29.3 Å². The lowest BCUT2D eigenvalue weighted by atomic mass is 9.71. The molecule has 1 saturated carbocycles. The summed E-state index contributed by atoms with van der Waals surface area (Å²) in [7, 11) is 0. The SMILES string of the molecule is Cc1ccc2c(oc3ncccc32)c1N1[C@@H](C)C2(C)CC1(C)C(C)C2C. The summed E-state index contributed by atoms with van der Waals surface area (Å²) in [6.07, 6.45) is 3.06. The molecule has 0 radical (unpaired) electrons. The van der Waals surface area contributed by atoms with Crippen LogP contribution in [-0.2, 0) is 0 Å². The molecule has 0 N–H and O–H groups in total. The smallest absolute Gasteiger partial charge is 0.227 e. The fraction of sp³-hybridized carbons (Fsp3) is 0.522. The summed E-state index contributed by atoms with van der Waals surface area (Å²) in [6, 6.07) is 9.03. The Kier molecular flexibility index (Phi) is 3.00. The molecule has 2 aromatic heterocycles. The molecule has 3 aromatic rings. The lowest BCUT2D eigenvalue weighted by Gasteiger charge is -2.51. The number of hydrogen-bond donors (Lipinski definition) is 0. The molecule has 1 aromatic carbocycles. The largest absolute Gasteiger partial charge is 0.436 e. The predicted octanol–water partition coefficient (Wildman–Crippen LogP) is 5.94. The molecule has 1 aliphatic carbocycles. The molecule has 136 valence electrons. The summed E-state index contributed by atoms with van der Waals surface area (Å²) in [4.78, 5) is 7.15. The highest BCUT2D eigenvalue weighted by molar-refractivity contribution is 6.08. The number of pyridine rings is 1. The number of hydrogen-bond acceptors (Lipinski definition) is 3. The number of rotatable bonds is 1. The van der Waals surface area contributed by atoms with Gasteiger partial charge in [0.25, 0.3) is 0 Å². The summed E-state index contributed by atoms with van der Waals surface area (Å²) in [6.45, 7) is 14.5. The highest BCUT2D eigenvalue weighted by Crippen LogP contribution is 2.65. The lowest BCUT2D eigenvalue weighted by Crippen LogP contribution is -2.56. The summed E-state index contributed by atoms with van der Waals surface area (Å²) in [5.74, 6) is 1.39. The van der Waals surface area contributed by atoms with Crippen LogP contribution >= 0.6 is 0 Å². The van der Waals surface area contributed by atoms with Crippen molar-refractivity contribution in [1.29, 1.82) is 0 Å². The van der Waals surface area contributed by atoms with Gasteiger partial charge in [0, 0.05) is 28.6 Å². The summed E-state index contributed by atoms with van der Waals surface area (Å²) < 4.78 is 6.32. The van der Waals surface area contributed by atoms with E-state index >= 15 is 0 Å².